The minimum Gasteiger partial charge on any atom is -0.409 e. The molecule has 4 nitrogen and oxygen atoms in total. The molecule has 0 radical (unpaired) electrons. The number of nitrogens with two attached hydrogens (primary N) is 1. The maximum Gasteiger partial charge on any atom is 0.170 e. The summed E-state index contributed by atoms with van der Waals surface area (Å²) in [5.74, 6) is -0.552. The third kappa shape index (κ3) is 4.44. The highest BCUT2D eigenvalue weighted by atomic mass is 35.5. The number of amidine groups is 1. The number of benzene rings is 2. The molecule has 21 heavy (non-hydrogen) atoms. The van der Waals surface area contributed by atoms with Crippen molar-refractivity contribution < 1.29 is 9.60 Å². The molecule has 0 aliphatic heterocycles. The van der Waals surface area contributed by atoms with Crippen LogP contribution in [0.4, 0.5) is 4.39 Å². The first-order valence-corrected chi connectivity index (χ1v) is 6.69. The summed E-state index contributed by atoms with van der Waals surface area (Å²) in [6.45, 7) is 1.06. The van der Waals surface area contributed by atoms with E-state index in [0.29, 0.717) is 29.2 Å². The molecule has 0 saturated heterocycles. The van der Waals surface area contributed by atoms with Crippen molar-refractivity contribution in [3.8, 4) is 0 Å². The Labute approximate surface area is 127 Å². The topological polar surface area (TPSA) is 70.6 Å². The highest BCUT2D eigenvalue weighted by molar-refractivity contribution is 6.30. The van der Waals surface area contributed by atoms with Crippen molar-refractivity contribution in [3.05, 3.63) is 70.0 Å². The Morgan fingerprint density at radius 2 is 1.95 bits per heavy atom. The van der Waals surface area contributed by atoms with E-state index in [9.17, 15) is 4.39 Å². The standard InChI is InChI=1S/C15H15ClFN3O/c16-13-3-1-2-10(5-13)8-19-9-11-4-12(15(18)20-21)7-14(17)6-11/h1-7,19,21H,8-9H2,(H2,18,20). The first-order chi connectivity index (χ1) is 10.1. The van der Waals surface area contributed by atoms with Crippen molar-refractivity contribution in [2.24, 2.45) is 10.9 Å². The summed E-state index contributed by atoms with van der Waals surface area (Å²) in [4.78, 5) is 0. The average Bonchev–Trinajstić information content (AvgIpc) is 2.46. The van der Waals surface area contributed by atoms with Gasteiger partial charge in [-0.15, -0.1) is 0 Å². The molecule has 0 bridgehead atoms. The summed E-state index contributed by atoms with van der Waals surface area (Å²) in [7, 11) is 0. The lowest BCUT2D eigenvalue weighted by Crippen LogP contribution is -2.16. The van der Waals surface area contributed by atoms with Crippen LogP contribution < -0.4 is 11.1 Å². The van der Waals surface area contributed by atoms with Gasteiger partial charge in [-0.05, 0) is 41.5 Å². The zero-order chi connectivity index (χ0) is 15.2. The molecule has 2 rings (SSSR count). The molecule has 4 N–H and O–H groups in total. The number of halogens is 2. The van der Waals surface area contributed by atoms with Crippen molar-refractivity contribution >= 4 is 17.4 Å². The van der Waals surface area contributed by atoms with Crippen molar-refractivity contribution in [1.82, 2.24) is 5.32 Å². The van der Waals surface area contributed by atoms with Crippen LogP contribution in [-0.4, -0.2) is 11.0 Å². The van der Waals surface area contributed by atoms with Crippen LogP contribution in [0.25, 0.3) is 0 Å². The van der Waals surface area contributed by atoms with E-state index in [4.69, 9.17) is 22.5 Å². The summed E-state index contributed by atoms with van der Waals surface area (Å²) in [5, 5.41) is 15.4. The van der Waals surface area contributed by atoms with Crippen LogP contribution in [-0.2, 0) is 13.1 Å². The fourth-order valence-electron chi connectivity index (χ4n) is 1.96. The van der Waals surface area contributed by atoms with Crippen molar-refractivity contribution in [3.63, 3.8) is 0 Å². The van der Waals surface area contributed by atoms with Gasteiger partial charge < -0.3 is 16.3 Å². The van der Waals surface area contributed by atoms with Crippen LogP contribution in [0, 0.1) is 5.82 Å². The van der Waals surface area contributed by atoms with Gasteiger partial charge in [-0.3, -0.25) is 0 Å². The molecule has 2 aromatic carbocycles. The molecule has 0 aliphatic rings. The highest BCUT2D eigenvalue weighted by Gasteiger charge is 2.05. The summed E-state index contributed by atoms with van der Waals surface area (Å²) < 4.78 is 13.5. The maximum atomic E-state index is 13.5. The normalized spacial score (nSPS) is 11.6. The minimum absolute atomic E-state index is 0.120. The van der Waals surface area contributed by atoms with Crippen LogP contribution in [0.1, 0.15) is 16.7 Å². The van der Waals surface area contributed by atoms with Gasteiger partial charge in [-0.2, -0.15) is 0 Å². The lowest BCUT2D eigenvalue weighted by atomic mass is 10.1. The molecular formula is C15H15ClFN3O. The van der Waals surface area contributed by atoms with Gasteiger partial charge in [0, 0.05) is 23.7 Å². The molecule has 0 heterocycles. The second-order valence-electron chi connectivity index (χ2n) is 4.57. The van der Waals surface area contributed by atoms with Crippen LogP contribution >= 0.6 is 11.6 Å². The SMILES string of the molecule is N/C(=N/O)c1cc(F)cc(CNCc2cccc(Cl)c2)c1. The van der Waals surface area contributed by atoms with Crippen LogP contribution in [0.3, 0.4) is 0 Å². The molecule has 0 amide bonds. The Balaban J connectivity index is 2.01. The molecule has 6 heteroatoms. The summed E-state index contributed by atoms with van der Waals surface area (Å²) in [5.41, 5.74) is 7.56. The Hall–Kier alpha value is -2.11. The first-order valence-electron chi connectivity index (χ1n) is 6.31. The molecular weight excluding hydrogens is 293 g/mol. The third-order valence-electron chi connectivity index (χ3n) is 2.91. The van der Waals surface area contributed by atoms with Crippen LogP contribution in [0.5, 0.6) is 0 Å². The fraction of sp³-hybridized carbons (Fsp3) is 0.133. The van der Waals surface area contributed by atoms with Gasteiger partial charge in [0.05, 0.1) is 0 Å². The molecule has 0 aliphatic carbocycles. The van der Waals surface area contributed by atoms with E-state index in [-0.39, 0.29) is 5.84 Å². The number of nitrogens with one attached hydrogen (secondary N) is 1. The highest BCUT2D eigenvalue weighted by Crippen LogP contribution is 2.12. The van der Waals surface area contributed by atoms with E-state index in [0.717, 1.165) is 5.56 Å². The van der Waals surface area contributed by atoms with Gasteiger partial charge >= 0.3 is 0 Å². The number of oxime groups is 1. The Morgan fingerprint density at radius 3 is 2.67 bits per heavy atom. The van der Waals surface area contributed by atoms with E-state index >= 15 is 0 Å². The third-order valence-corrected chi connectivity index (χ3v) is 3.14. The summed E-state index contributed by atoms with van der Waals surface area (Å²) in [6.07, 6.45) is 0. The second-order valence-corrected chi connectivity index (χ2v) is 5.00. The molecule has 0 aromatic heterocycles. The summed E-state index contributed by atoms with van der Waals surface area (Å²) >= 11 is 5.91. The second kappa shape index (κ2) is 7.06. The Kier molecular flexibility index (Phi) is 5.14. The van der Waals surface area contributed by atoms with Crippen molar-refractivity contribution in [1.29, 1.82) is 0 Å². The number of rotatable bonds is 5. The number of hydrogen-bond acceptors (Lipinski definition) is 3. The Morgan fingerprint density at radius 1 is 1.19 bits per heavy atom. The quantitative estimate of drug-likeness (QED) is 0.344. The lowest BCUT2D eigenvalue weighted by molar-refractivity contribution is 0.318. The van der Waals surface area contributed by atoms with E-state index in [1.54, 1.807) is 12.1 Å². The van der Waals surface area contributed by atoms with E-state index in [1.165, 1.54) is 12.1 Å². The minimum atomic E-state index is -0.432. The van der Waals surface area contributed by atoms with Crippen LogP contribution in [0.15, 0.2) is 47.6 Å². The van der Waals surface area contributed by atoms with Gasteiger partial charge in [0.2, 0.25) is 0 Å². The van der Waals surface area contributed by atoms with Crippen molar-refractivity contribution in [2.45, 2.75) is 13.1 Å². The van der Waals surface area contributed by atoms with E-state index in [1.807, 2.05) is 18.2 Å². The molecule has 0 atom stereocenters. The molecule has 0 saturated carbocycles. The van der Waals surface area contributed by atoms with Gasteiger partial charge in [0.15, 0.2) is 5.84 Å². The number of nitrogens with zero attached hydrogens (tertiary/aromatic N) is 1. The zero-order valence-electron chi connectivity index (χ0n) is 11.2. The smallest absolute Gasteiger partial charge is 0.170 e. The molecule has 0 unspecified atom stereocenters. The zero-order valence-corrected chi connectivity index (χ0v) is 11.9. The van der Waals surface area contributed by atoms with Gasteiger partial charge in [0.1, 0.15) is 5.82 Å². The molecule has 0 spiro atoms. The van der Waals surface area contributed by atoms with Gasteiger partial charge in [-0.1, -0.05) is 28.9 Å². The lowest BCUT2D eigenvalue weighted by Gasteiger charge is -2.08. The van der Waals surface area contributed by atoms with E-state index in [2.05, 4.69) is 10.5 Å². The predicted octanol–water partition coefficient (Wildman–Crippen LogP) is 2.86. The van der Waals surface area contributed by atoms with Crippen molar-refractivity contribution in [2.75, 3.05) is 0 Å². The first kappa shape index (κ1) is 15.3. The summed E-state index contributed by atoms with van der Waals surface area (Å²) in [6, 6.07) is 11.8. The number of hydrogen-bond donors (Lipinski definition) is 3. The molecule has 2 aromatic rings. The molecule has 110 valence electrons. The Bertz CT molecular complexity index is 661. The maximum absolute atomic E-state index is 13.5. The average molecular weight is 308 g/mol. The van der Waals surface area contributed by atoms with Gasteiger partial charge in [-0.25, -0.2) is 4.39 Å². The fourth-order valence-corrected chi connectivity index (χ4v) is 2.17. The van der Waals surface area contributed by atoms with Crippen LogP contribution in [0.2, 0.25) is 5.02 Å². The molecule has 0 fully saturated rings. The monoisotopic (exact) mass is 307 g/mol. The van der Waals surface area contributed by atoms with Gasteiger partial charge in [0.25, 0.3) is 0 Å². The van der Waals surface area contributed by atoms with E-state index < -0.39 is 5.82 Å². The predicted molar refractivity (Wildman–Crippen MR) is 80.9 cm³/mol. The largest absolute Gasteiger partial charge is 0.409 e.